The summed E-state index contributed by atoms with van der Waals surface area (Å²) in [4.78, 5) is 11.2. The highest BCUT2D eigenvalue weighted by Crippen LogP contribution is 2.00. The van der Waals surface area contributed by atoms with Gasteiger partial charge < -0.3 is 0 Å². The first-order valence-electron chi connectivity index (χ1n) is 5.79. The van der Waals surface area contributed by atoms with Crippen LogP contribution in [0.4, 0.5) is 0 Å². The van der Waals surface area contributed by atoms with E-state index in [2.05, 4.69) is 22.1 Å². The topological polar surface area (TPSA) is 59.0 Å². The Morgan fingerprint density at radius 2 is 1.83 bits per heavy atom. The number of hydrogen-bond donors (Lipinski definition) is 2. The molecule has 0 saturated heterocycles. The Morgan fingerprint density at radius 3 is 2.56 bits per heavy atom. The number of carbonyl (C=O) groups is 1. The lowest BCUT2D eigenvalue weighted by Gasteiger charge is -2.01. The fraction of sp³-hybridized carbons (Fsp3) is 0.143. The van der Waals surface area contributed by atoms with Crippen LogP contribution in [0.5, 0.6) is 0 Å². The van der Waals surface area contributed by atoms with Crippen molar-refractivity contribution in [2.24, 2.45) is 5.84 Å². The zero-order valence-electron chi connectivity index (χ0n) is 10.0. The second-order valence-corrected chi connectivity index (χ2v) is 4.11. The zero-order valence-corrected chi connectivity index (χ0v) is 10.0. The number of pyridine rings is 1. The van der Waals surface area contributed by atoms with Crippen molar-refractivity contribution in [1.82, 2.24) is 5.43 Å². The summed E-state index contributed by atoms with van der Waals surface area (Å²) >= 11 is 0. The lowest BCUT2D eigenvalue weighted by atomic mass is 10.2. The number of carbonyl (C=O) groups excluding carboxylic acids is 1. The summed E-state index contributed by atoms with van der Waals surface area (Å²) in [6.45, 7) is 0.791. The van der Waals surface area contributed by atoms with Crippen molar-refractivity contribution in [2.45, 2.75) is 13.0 Å². The molecule has 0 saturated carbocycles. The number of aromatic nitrogens is 1. The lowest BCUT2D eigenvalue weighted by molar-refractivity contribution is -0.688. The minimum atomic E-state index is -0.188. The van der Waals surface area contributed by atoms with Crippen molar-refractivity contribution in [2.75, 3.05) is 0 Å². The van der Waals surface area contributed by atoms with E-state index >= 15 is 0 Å². The van der Waals surface area contributed by atoms with Crippen LogP contribution in [-0.4, -0.2) is 5.91 Å². The molecule has 0 bridgehead atoms. The number of rotatable bonds is 4. The fourth-order valence-electron chi connectivity index (χ4n) is 1.81. The Kier molecular flexibility index (Phi) is 4.04. The van der Waals surface area contributed by atoms with E-state index in [0.717, 1.165) is 12.1 Å². The molecule has 0 aliphatic heterocycles. The van der Waals surface area contributed by atoms with Gasteiger partial charge in [-0.2, -0.15) is 0 Å². The maximum Gasteiger partial charge on any atom is 0.238 e. The van der Waals surface area contributed by atoms with Gasteiger partial charge in [-0.25, -0.2) is 10.4 Å². The third-order valence-corrected chi connectivity index (χ3v) is 2.65. The van der Waals surface area contributed by atoms with Crippen molar-refractivity contribution in [3.05, 3.63) is 66.0 Å². The van der Waals surface area contributed by atoms with Crippen molar-refractivity contribution in [3.8, 4) is 0 Å². The summed E-state index contributed by atoms with van der Waals surface area (Å²) in [5.41, 5.74) is 4.30. The van der Waals surface area contributed by atoms with Gasteiger partial charge >= 0.3 is 0 Å². The van der Waals surface area contributed by atoms with Crippen molar-refractivity contribution in [3.63, 3.8) is 0 Å². The molecule has 1 heterocycles. The van der Waals surface area contributed by atoms with Crippen LogP contribution in [0.1, 0.15) is 11.1 Å². The summed E-state index contributed by atoms with van der Waals surface area (Å²) in [7, 11) is 0. The second-order valence-electron chi connectivity index (χ2n) is 4.11. The summed E-state index contributed by atoms with van der Waals surface area (Å²) in [6, 6.07) is 14.0. The Hall–Kier alpha value is -2.20. The average Bonchev–Trinajstić information content (AvgIpc) is 2.40. The normalized spacial score (nSPS) is 10.1. The zero-order chi connectivity index (χ0) is 12.8. The first-order chi connectivity index (χ1) is 8.78. The standard InChI is InChI=1S/C14H15N3O/c15-16-14(18)9-13-7-4-8-17(11-13)10-12-5-2-1-3-6-12/h1-8,11H,9-10,15H2/p+1. The summed E-state index contributed by atoms with van der Waals surface area (Å²) in [5, 5.41) is 0. The van der Waals surface area contributed by atoms with E-state index in [4.69, 9.17) is 5.84 Å². The molecule has 1 amide bonds. The van der Waals surface area contributed by atoms with Gasteiger partial charge in [-0.1, -0.05) is 30.3 Å². The highest BCUT2D eigenvalue weighted by molar-refractivity contribution is 5.77. The first-order valence-corrected chi connectivity index (χ1v) is 5.79. The molecule has 4 heteroatoms. The molecule has 1 aromatic carbocycles. The van der Waals surface area contributed by atoms with E-state index < -0.39 is 0 Å². The molecule has 92 valence electrons. The molecule has 0 radical (unpaired) electrons. The molecule has 0 unspecified atom stereocenters. The van der Waals surface area contributed by atoms with Crippen LogP contribution < -0.4 is 15.8 Å². The molecular weight excluding hydrogens is 226 g/mol. The molecule has 0 atom stereocenters. The predicted molar refractivity (Wildman–Crippen MR) is 68.2 cm³/mol. The Bertz CT molecular complexity index is 526. The maximum absolute atomic E-state index is 11.2. The van der Waals surface area contributed by atoms with Crippen LogP contribution in [0.2, 0.25) is 0 Å². The van der Waals surface area contributed by atoms with Gasteiger partial charge in [0.15, 0.2) is 18.9 Å². The highest BCUT2D eigenvalue weighted by atomic mass is 16.2. The van der Waals surface area contributed by atoms with Gasteiger partial charge in [0.1, 0.15) is 0 Å². The van der Waals surface area contributed by atoms with Crippen LogP contribution in [0.25, 0.3) is 0 Å². The number of nitrogens with two attached hydrogens (primary N) is 1. The van der Waals surface area contributed by atoms with Gasteiger partial charge in [0.05, 0.1) is 6.42 Å². The fourth-order valence-corrected chi connectivity index (χ4v) is 1.81. The van der Waals surface area contributed by atoms with E-state index in [9.17, 15) is 4.79 Å². The highest BCUT2D eigenvalue weighted by Gasteiger charge is 2.07. The van der Waals surface area contributed by atoms with Gasteiger partial charge in [-0.3, -0.25) is 10.2 Å². The van der Waals surface area contributed by atoms with Crippen LogP contribution in [-0.2, 0) is 17.8 Å². The molecule has 1 aromatic heterocycles. The minimum Gasteiger partial charge on any atom is -0.294 e. The van der Waals surface area contributed by atoms with E-state index in [1.807, 2.05) is 42.7 Å². The predicted octanol–water partition coefficient (Wildman–Crippen LogP) is 0.555. The smallest absolute Gasteiger partial charge is 0.238 e. The van der Waals surface area contributed by atoms with E-state index in [0.29, 0.717) is 6.42 Å². The molecule has 0 spiro atoms. The molecular formula is C14H16N3O+. The van der Waals surface area contributed by atoms with Crippen LogP contribution in [0.3, 0.4) is 0 Å². The van der Waals surface area contributed by atoms with Crippen LogP contribution >= 0.6 is 0 Å². The Labute approximate surface area is 106 Å². The minimum absolute atomic E-state index is 0.188. The molecule has 0 fully saturated rings. The third-order valence-electron chi connectivity index (χ3n) is 2.65. The van der Waals surface area contributed by atoms with E-state index in [-0.39, 0.29) is 5.91 Å². The van der Waals surface area contributed by atoms with Gasteiger partial charge in [0, 0.05) is 17.2 Å². The van der Waals surface area contributed by atoms with Crippen molar-refractivity contribution < 1.29 is 9.36 Å². The van der Waals surface area contributed by atoms with Crippen molar-refractivity contribution >= 4 is 5.91 Å². The quantitative estimate of drug-likeness (QED) is 0.356. The third kappa shape index (κ3) is 3.40. The SMILES string of the molecule is NNC(=O)Cc1ccc[n+](Cc2ccccc2)c1. The van der Waals surface area contributed by atoms with Gasteiger partial charge in [0.25, 0.3) is 0 Å². The Morgan fingerprint density at radius 1 is 1.11 bits per heavy atom. The number of benzene rings is 1. The average molecular weight is 242 g/mol. The number of hydrogen-bond acceptors (Lipinski definition) is 2. The monoisotopic (exact) mass is 242 g/mol. The largest absolute Gasteiger partial charge is 0.294 e. The van der Waals surface area contributed by atoms with E-state index in [1.165, 1.54) is 5.56 Å². The molecule has 4 nitrogen and oxygen atoms in total. The summed E-state index contributed by atoms with van der Waals surface area (Å²) in [6.07, 6.45) is 4.24. The van der Waals surface area contributed by atoms with Crippen LogP contribution in [0.15, 0.2) is 54.9 Å². The molecule has 0 aliphatic carbocycles. The van der Waals surface area contributed by atoms with Crippen molar-refractivity contribution in [1.29, 1.82) is 0 Å². The number of nitrogens with one attached hydrogen (secondary N) is 1. The summed E-state index contributed by atoms with van der Waals surface area (Å²) < 4.78 is 2.05. The van der Waals surface area contributed by atoms with Gasteiger partial charge in [0.2, 0.25) is 5.91 Å². The van der Waals surface area contributed by atoms with E-state index in [1.54, 1.807) is 0 Å². The molecule has 3 N–H and O–H groups in total. The number of hydrazine groups is 1. The Balaban J connectivity index is 2.10. The number of amides is 1. The molecule has 0 aliphatic rings. The molecule has 2 aromatic rings. The van der Waals surface area contributed by atoms with Gasteiger partial charge in [-0.05, 0) is 6.07 Å². The molecule has 18 heavy (non-hydrogen) atoms. The lowest BCUT2D eigenvalue weighted by Crippen LogP contribution is -2.35. The summed E-state index contributed by atoms with van der Waals surface area (Å²) in [5.74, 6) is 4.89. The second kappa shape index (κ2) is 5.93. The maximum atomic E-state index is 11.2. The van der Waals surface area contributed by atoms with Gasteiger partial charge in [-0.15, -0.1) is 0 Å². The first kappa shape index (κ1) is 12.3. The van der Waals surface area contributed by atoms with Crippen LogP contribution in [0, 0.1) is 0 Å². The number of nitrogens with zero attached hydrogens (tertiary/aromatic N) is 1. The molecule has 2 rings (SSSR count).